The Labute approximate surface area is 118 Å². The third-order valence-electron chi connectivity index (χ3n) is 4.25. The van der Waals surface area contributed by atoms with Gasteiger partial charge in [0, 0.05) is 24.3 Å². The number of rotatable bonds is 6. The van der Waals surface area contributed by atoms with Gasteiger partial charge in [-0.2, -0.15) is 0 Å². The largest absolute Gasteiger partial charge is 0.369 e. The lowest BCUT2D eigenvalue weighted by atomic mass is 9.96. The Hall–Kier alpha value is -1.02. The first kappa shape index (κ1) is 14.4. The van der Waals surface area contributed by atoms with Crippen LogP contribution < -0.4 is 10.2 Å². The Morgan fingerprint density at radius 1 is 1.37 bits per heavy atom. The Balaban J connectivity index is 1.92. The van der Waals surface area contributed by atoms with Crippen LogP contribution in [0.2, 0.25) is 0 Å². The second-order valence-corrected chi connectivity index (χ2v) is 5.81. The average Bonchev–Trinajstić information content (AvgIpc) is 2.41. The molecular weight excluding hydrogens is 232 g/mol. The third-order valence-corrected chi connectivity index (χ3v) is 4.25. The van der Waals surface area contributed by atoms with E-state index in [1.165, 1.54) is 43.5 Å². The standard InChI is InChI=1S/C17H28N2/c1-4-18-14(2)8-7-13-19-15(3)11-12-16-9-5-6-10-17(16)19/h5-6,9-10,14-15,18H,4,7-8,11-13H2,1-3H3. The fraction of sp³-hybridized carbons (Fsp3) is 0.647. The smallest absolute Gasteiger partial charge is 0.0401 e. The molecule has 1 aliphatic rings. The van der Waals surface area contributed by atoms with E-state index < -0.39 is 0 Å². The van der Waals surface area contributed by atoms with Crippen molar-refractivity contribution >= 4 is 5.69 Å². The van der Waals surface area contributed by atoms with E-state index in [1.807, 2.05) is 0 Å². The minimum absolute atomic E-state index is 0.639. The summed E-state index contributed by atoms with van der Waals surface area (Å²) in [6.45, 7) is 9.10. The van der Waals surface area contributed by atoms with Crippen molar-refractivity contribution in [2.45, 2.75) is 58.5 Å². The molecule has 19 heavy (non-hydrogen) atoms. The Bertz CT molecular complexity index is 389. The molecule has 0 radical (unpaired) electrons. The van der Waals surface area contributed by atoms with E-state index in [2.05, 4.69) is 55.3 Å². The molecule has 1 aliphatic heterocycles. The van der Waals surface area contributed by atoms with Gasteiger partial charge in [0.1, 0.15) is 0 Å². The maximum absolute atomic E-state index is 3.50. The van der Waals surface area contributed by atoms with Crippen LogP contribution in [0.25, 0.3) is 0 Å². The number of hydrogen-bond donors (Lipinski definition) is 1. The summed E-state index contributed by atoms with van der Waals surface area (Å²) in [6, 6.07) is 10.2. The maximum Gasteiger partial charge on any atom is 0.0401 e. The van der Waals surface area contributed by atoms with Gasteiger partial charge in [0.2, 0.25) is 0 Å². The van der Waals surface area contributed by atoms with E-state index in [1.54, 1.807) is 0 Å². The Morgan fingerprint density at radius 2 is 2.16 bits per heavy atom. The van der Waals surface area contributed by atoms with Gasteiger partial charge in [0.05, 0.1) is 0 Å². The lowest BCUT2D eigenvalue weighted by Crippen LogP contribution is -2.38. The number of benzene rings is 1. The van der Waals surface area contributed by atoms with Gasteiger partial charge in [-0.05, 0) is 57.7 Å². The van der Waals surface area contributed by atoms with E-state index in [0.717, 1.165) is 6.54 Å². The summed E-state index contributed by atoms with van der Waals surface area (Å²) in [6.07, 6.45) is 5.06. The minimum Gasteiger partial charge on any atom is -0.369 e. The molecular formula is C17H28N2. The first-order valence-electron chi connectivity index (χ1n) is 7.80. The van der Waals surface area contributed by atoms with Crippen LogP contribution in [-0.2, 0) is 6.42 Å². The van der Waals surface area contributed by atoms with Crippen LogP contribution in [0.4, 0.5) is 5.69 Å². The number of para-hydroxylation sites is 1. The molecule has 0 saturated carbocycles. The van der Waals surface area contributed by atoms with Crippen LogP contribution in [0.3, 0.4) is 0 Å². The van der Waals surface area contributed by atoms with E-state index >= 15 is 0 Å². The first-order valence-corrected chi connectivity index (χ1v) is 7.80. The molecule has 0 amide bonds. The highest BCUT2D eigenvalue weighted by molar-refractivity contribution is 5.56. The van der Waals surface area contributed by atoms with Crippen molar-refractivity contribution < 1.29 is 0 Å². The molecule has 1 aromatic rings. The molecule has 1 aromatic carbocycles. The second kappa shape index (κ2) is 6.95. The van der Waals surface area contributed by atoms with Crippen molar-refractivity contribution in [2.75, 3.05) is 18.0 Å². The van der Waals surface area contributed by atoms with Crippen molar-refractivity contribution in [1.82, 2.24) is 5.32 Å². The number of nitrogens with one attached hydrogen (secondary N) is 1. The van der Waals surface area contributed by atoms with Gasteiger partial charge in [-0.25, -0.2) is 0 Å². The average molecular weight is 260 g/mol. The lowest BCUT2D eigenvalue weighted by molar-refractivity contribution is 0.489. The third kappa shape index (κ3) is 3.73. The number of hydrogen-bond acceptors (Lipinski definition) is 2. The molecule has 0 fully saturated rings. The van der Waals surface area contributed by atoms with Gasteiger partial charge >= 0.3 is 0 Å². The van der Waals surface area contributed by atoms with Crippen LogP contribution in [0, 0.1) is 0 Å². The fourth-order valence-corrected chi connectivity index (χ4v) is 3.12. The van der Waals surface area contributed by atoms with Crippen LogP contribution in [-0.4, -0.2) is 25.2 Å². The molecule has 2 heteroatoms. The van der Waals surface area contributed by atoms with Crippen LogP contribution in [0.1, 0.15) is 45.6 Å². The van der Waals surface area contributed by atoms with Crippen molar-refractivity contribution in [3.63, 3.8) is 0 Å². The van der Waals surface area contributed by atoms with Gasteiger partial charge in [-0.3, -0.25) is 0 Å². The zero-order valence-electron chi connectivity index (χ0n) is 12.7. The topological polar surface area (TPSA) is 15.3 Å². The summed E-state index contributed by atoms with van der Waals surface area (Å²) < 4.78 is 0. The summed E-state index contributed by atoms with van der Waals surface area (Å²) in [5.74, 6) is 0. The highest BCUT2D eigenvalue weighted by atomic mass is 15.2. The van der Waals surface area contributed by atoms with Gasteiger partial charge in [0.25, 0.3) is 0 Å². The number of aryl methyl sites for hydroxylation is 1. The molecule has 1 N–H and O–H groups in total. The maximum atomic E-state index is 3.50. The molecule has 2 unspecified atom stereocenters. The predicted molar refractivity (Wildman–Crippen MR) is 83.9 cm³/mol. The van der Waals surface area contributed by atoms with Crippen molar-refractivity contribution in [1.29, 1.82) is 0 Å². The van der Waals surface area contributed by atoms with Gasteiger partial charge in [-0.1, -0.05) is 25.1 Å². The number of fused-ring (bicyclic) bond motifs is 1. The van der Waals surface area contributed by atoms with E-state index in [0.29, 0.717) is 12.1 Å². The molecule has 0 saturated heterocycles. The molecule has 2 nitrogen and oxygen atoms in total. The summed E-state index contributed by atoms with van der Waals surface area (Å²) >= 11 is 0. The van der Waals surface area contributed by atoms with Crippen molar-refractivity contribution in [2.24, 2.45) is 0 Å². The molecule has 106 valence electrons. The fourth-order valence-electron chi connectivity index (χ4n) is 3.12. The summed E-state index contributed by atoms with van der Waals surface area (Å²) in [5, 5.41) is 3.50. The van der Waals surface area contributed by atoms with E-state index in [-0.39, 0.29) is 0 Å². The number of anilines is 1. The minimum atomic E-state index is 0.639. The quantitative estimate of drug-likeness (QED) is 0.840. The molecule has 0 bridgehead atoms. The van der Waals surface area contributed by atoms with E-state index in [9.17, 15) is 0 Å². The Kier molecular flexibility index (Phi) is 5.26. The molecule has 1 heterocycles. The monoisotopic (exact) mass is 260 g/mol. The number of nitrogens with zero attached hydrogens (tertiary/aromatic N) is 1. The summed E-state index contributed by atoms with van der Waals surface area (Å²) in [4.78, 5) is 2.61. The normalized spacial score (nSPS) is 20.2. The van der Waals surface area contributed by atoms with Gasteiger partial charge in [0.15, 0.2) is 0 Å². The zero-order valence-corrected chi connectivity index (χ0v) is 12.7. The summed E-state index contributed by atoms with van der Waals surface area (Å²) in [7, 11) is 0. The predicted octanol–water partition coefficient (Wildman–Crippen LogP) is 3.61. The van der Waals surface area contributed by atoms with Crippen LogP contribution >= 0.6 is 0 Å². The van der Waals surface area contributed by atoms with Crippen molar-refractivity contribution in [3.05, 3.63) is 29.8 Å². The van der Waals surface area contributed by atoms with Crippen LogP contribution in [0.5, 0.6) is 0 Å². The van der Waals surface area contributed by atoms with Crippen molar-refractivity contribution in [3.8, 4) is 0 Å². The molecule has 0 spiro atoms. The SMILES string of the molecule is CCNC(C)CCCN1c2ccccc2CCC1C. The first-order chi connectivity index (χ1) is 9.22. The van der Waals surface area contributed by atoms with Crippen LogP contribution in [0.15, 0.2) is 24.3 Å². The molecule has 0 aliphatic carbocycles. The molecule has 0 aromatic heterocycles. The van der Waals surface area contributed by atoms with Gasteiger partial charge < -0.3 is 10.2 Å². The Morgan fingerprint density at radius 3 is 2.95 bits per heavy atom. The van der Waals surface area contributed by atoms with Gasteiger partial charge in [-0.15, -0.1) is 0 Å². The highest BCUT2D eigenvalue weighted by Gasteiger charge is 2.21. The summed E-state index contributed by atoms with van der Waals surface area (Å²) in [5.41, 5.74) is 3.00. The highest BCUT2D eigenvalue weighted by Crippen LogP contribution is 2.30. The van der Waals surface area contributed by atoms with E-state index in [4.69, 9.17) is 0 Å². The molecule has 2 atom stereocenters. The molecule has 2 rings (SSSR count). The zero-order chi connectivity index (χ0) is 13.7. The lowest BCUT2D eigenvalue weighted by Gasteiger charge is -2.37. The second-order valence-electron chi connectivity index (χ2n) is 5.81.